The van der Waals surface area contributed by atoms with Crippen molar-refractivity contribution in [1.29, 1.82) is 0 Å². The Morgan fingerprint density at radius 2 is 1.81 bits per heavy atom. The second kappa shape index (κ2) is 9.62. The van der Waals surface area contributed by atoms with Crippen LogP contribution in [-0.4, -0.2) is 50.0 Å². The SMILES string of the molecule is COCCn1c(=NC(=O)c2ccc(S(=O)(=O)N3CCCC3)cc2)sc2ccc(Cl)c(Cl)c21. The molecule has 1 fully saturated rings. The Balaban J connectivity index is 1.69. The molecule has 2 aromatic carbocycles. The summed E-state index contributed by atoms with van der Waals surface area (Å²) >= 11 is 13.9. The number of fused-ring (bicyclic) bond motifs is 1. The van der Waals surface area contributed by atoms with Crippen LogP contribution in [0, 0.1) is 0 Å². The zero-order valence-electron chi connectivity index (χ0n) is 17.3. The van der Waals surface area contributed by atoms with Gasteiger partial charge in [0.1, 0.15) is 0 Å². The highest BCUT2D eigenvalue weighted by molar-refractivity contribution is 7.89. The Morgan fingerprint density at radius 3 is 2.47 bits per heavy atom. The summed E-state index contributed by atoms with van der Waals surface area (Å²) in [6, 6.07) is 9.43. The molecule has 0 N–H and O–H groups in total. The van der Waals surface area contributed by atoms with Gasteiger partial charge in [-0.15, -0.1) is 0 Å². The Morgan fingerprint density at radius 1 is 1.12 bits per heavy atom. The smallest absolute Gasteiger partial charge is 0.279 e. The van der Waals surface area contributed by atoms with E-state index in [2.05, 4.69) is 4.99 Å². The molecule has 1 amide bonds. The quantitative estimate of drug-likeness (QED) is 0.494. The second-order valence-corrected chi connectivity index (χ2v) is 11.0. The minimum atomic E-state index is -3.53. The van der Waals surface area contributed by atoms with Crippen LogP contribution in [0.4, 0.5) is 0 Å². The Bertz CT molecular complexity index is 1330. The summed E-state index contributed by atoms with van der Waals surface area (Å²) in [6.07, 6.45) is 1.73. The maximum atomic E-state index is 12.9. The molecule has 1 saturated heterocycles. The maximum absolute atomic E-state index is 12.9. The lowest BCUT2D eigenvalue weighted by Crippen LogP contribution is -2.27. The van der Waals surface area contributed by atoms with Gasteiger partial charge in [-0.2, -0.15) is 9.30 Å². The molecule has 3 aromatic rings. The molecule has 0 aliphatic carbocycles. The van der Waals surface area contributed by atoms with Crippen molar-refractivity contribution in [3.8, 4) is 0 Å². The lowest BCUT2D eigenvalue weighted by molar-refractivity contribution is 0.0997. The van der Waals surface area contributed by atoms with Crippen molar-refractivity contribution in [2.75, 3.05) is 26.8 Å². The molecule has 170 valence electrons. The first-order chi connectivity index (χ1) is 15.3. The van der Waals surface area contributed by atoms with Crippen LogP contribution in [0.2, 0.25) is 10.0 Å². The third-order valence-electron chi connectivity index (χ3n) is 5.25. The van der Waals surface area contributed by atoms with Crippen LogP contribution < -0.4 is 4.80 Å². The van der Waals surface area contributed by atoms with Crippen molar-refractivity contribution >= 4 is 60.7 Å². The first-order valence-corrected chi connectivity index (χ1v) is 13.0. The number of carbonyl (C=O) groups excluding carboxylic acids is 1. The highest BCUT2D eigenvalue weighted by Crippen LogP contribution is 2.32. The van der Waals surface area contributed by atoms with Crippen molar-refractivity contribution in [3.63, 3.8) is 0 Å². The van der Waals surface area contributed by atoms with E-state index in [1.165, 1.54) is 39.9 Å². The molecule has 0 atom stereocenters. The van der Waals surface area contributed by atoms with E-state index in [0.29, 0.717) is 52.2 Å². The number of rotatable bonds is 6. The van der Waals surface area contributed by atoms with Crippen LogP contribution in [0.25, 0.3) is 10.2 Å². The van der Waals surface area contributed by atoms with Gasteiger partial charge >= 0.3 is 0 Å². The van der Waals surface area contributed by atoms with Gasteiger partial charge in [-0.05, 0) is 49.2 Å². The maximum Gasteiger partial charge on any atom is 0.279 e. The fourth-order valence-corrected chi connectivity index (χ4v) is 6.63. The predicted molar refractivity (Wildman–Crippen MR) is 126 cm³/mol. The highest BCUT2D eigenvalue weighted by atomic mass is 35.5. The average Bonchev–Trinajstić information content (AvgIpc) is 3.44. The molecule has 0 bridgehead atoms. The Labute approximate surface area is 199 Å². The summed E-state index contributed by atoms with van der Waals surface area (Å²) in [6.45, 7) is 1.89. The number of methoxy groups -OCH3 is 1. The number of aromatic nitrogens is 1. The second-order valence-electron chi connectivity index (χ2n) is 7.29. The van der Waals surface area contributed by atoms with Crippen LogP contribution in [0.1, 0.15) is 23.2 Å². The van der Waals surface area contributed by atoms with Gasteiger partial charge in [0.2, 0.25) is 10.0 Å². The largest absolute Gasteiger partial charge is 0.383 e. The van der Waals surface area contributed by atoms with Gasteiger partial charge in [0.05, 0.1) is 31.8 Å². The molecule has 11 heteroatoms. The zero-order chi connectivity index (χ0) is 22.9. The van der Waals surface area contributed by atoms with Crippen LogP contribution in [0.5, 0.6) is 0 Å². The Kier molecular flexibility index (Phi) is 7.04. The number of hydrogen-bond acceptors (Lipinski definition) is 5. The lowest BCUT2D eigenvalue weighted by Gasteiger charge is -2.15. The monoisotopic (exact) mass is 513 g/mol. The number of hydrogen-bond donors (Lipinski definition) is 0. The topological polar surface area (TPSA) is 81.0 Å². The molecule has 32 heavy (non-hydrogen) atoms. The summed E-state index contributed by atoms with van der Waals surface area (Å²) in [4.78, 5) is 17.8. The molecule has 1 aromatic heterocycles. The van der Waals surface area contributed by atoms with Gasteiger partial charge in [-0.1, -0.05) is 34.5 Å². The fourth-order valence-electron chi connectivity index (χ4n) is 3.58. The molecule has 7 nitrogen and oxygen atoms in total. The van der Waals surface area contributed by atoms with Gasteiger partial charge in [-0.3, -0.25) is 4.79 Å². The van der Waals surface area contributed by atoms with Crippen LogP contribution >= 0.6 is 34.5 Å². The Hall–Kier alpha value is -1.75. The van der Waals surface area contributed by atoms with Crippen molar-refractivity contribution in [2.45, 2.75) is 24.3 Å². The summed E-state index contributed by atoms with van der Waals surface area (Å²) in [5, 5.41) is 0.803. The highest BCUT2D eigenvalue weighted by Gasteiger charge is 2.27. The first kappa shape index (κ1) is 23.4. The molecule has 0 radical (unpaired) electrons. The third-order valence-corrected chi connectivity index (χ3v) is 9.01. The van der Waals surface area contributed by atoms with Crippen LogP contribution in [-0.2, 0) is 21.3 Å². The van der Waals surface area contributed by atoms with E-state index in [-0.39, 0.29) is 4.90 Å². The summed E-state index contributed by atoms with van der Waals surface area (Å²) in [7, 11) is -1.95. The van der Waals surface area contributed by atoms with Gasteiger partial charge in [0.15, 0.2) is 4.80 Å². The molecule has 1 aliphatic rings. The number of halogens is 2. The normalized spacial score (nSPS) is 15.7. The molecule has 1 aliphatic heterocycles. The zero-order valence-corrected chi connectivity index (χ0v) is 20.4. The minimum absolute atomic E-state index is 0.175. The van der Waals surface area contributed by atoms with E-state index < -0.39 is 15.9 Å². The number of nitrogens with zero attached hydrogens (tertiary/aromatic N) is 3. The number of carbonyl (C=O) groups is 1. The molecule has 2 heterocycles. The van der Waals surface area contributed by atoms with E-state index in [0.717, 1.165) is 17.5 Å². The van der Waals surface area contributed by atoms with E-state index in [9.17, 15) is 13.2 Å². The van der Waals surface area contributed by atoms with Crippen LogP contribution in [0.15, 0.2) is 46.3 Å². The molecule has 4 rings (SSSR count). The van der Waals surface area contributed by atoms with E-state index in [1.54, 1.807) is 13.2 Å². The number of amides is 1. The standard InChI is InChI=1S/C21H21Cl2N3O4S2/c1-30-13-12-26-19-17(9-8-16(22)18(19)23)31-21(26)24-20(27)14-4-6-15(7-5-14)32(28,29)25-10-2-3-11-25/h4-9H,2-3,10-13H2,1H3. The van der Waals surface area contributed by atoms with Gasteiger partial charge in [-0.25, -0.2) is 8.42 Å². The fraction of sp³-hybridized carbons (Fsp3) is 0.333. The number of benzene rings is 2. The number of sulfonamides is 1. The summed E-state index contributed by atoms with van der Waals surface area (Å²) in [5.74, 6) is -0.477. The van der Waals surface area contributed by atoms with E-state index in [1.807, 2.05) is 10.6 Å². The molecule has 0 saturated carbocycles. The van der Waals surface area contributed by atoms with Crippen molar-refractivity contribution < 1.29 is 17.9 Å². The summed E-state index contributed by atoms with van der Waals surface area (Å²) < 4.78 is 34.7. The molecule has 0 spiro atoms. The number of thiazole rings is 1. The van der Waals surface area contributed by atoms with Crippen molar-refractivity contribution in [3.05, 3.63) is 56.8 Å². The van der Waals surface area contributed by atoms with Crippen molar-refractivity contribution in [2.24, 2.45) is 4.99 Å². The van der Waals surface area contributed by atoms with E-state index in [4.69, 9.17) is 27.9 Å². The lowest BCUT2D eigenvalue weighted by atomic mass is 10.2. The molecular weight excluding hydrogens is 493 g/mol. The van der Waals surface area contributed by atoms with Gasteiger partial charge in [0.25, 0.3) is 5.91 Å². The molecular formula is C21H21Cl2N3O4S2. The van der Waals surface area contributed by atoms with Crippen molar-refractivity contribution in [1.82, 2.24) is 8.87 Å². The van der Waals surface area contributed by atoms with E-state index >= 15 is 0 Å². The van der Waals surface area contributed by atoms with Gasteiger partial charge in [0, 0.05) is 32.3 Å². The van der Waals surface area contributed by atoms with Gasteiger partial charge < -0.3 is 9.30 Å². The number of ether oxygens (including phenoxy) is 1. The predicted octanol–water partition coefficient (Wildman–Crippen LogP) is 4.18. The third kappa shape index (κ3) is 4.50. The van der Waals surface area contributed by atoms with Crippen LogP contribution in [0.3, 0.4) is 0 Å². The summed E-state index contributed by atoms with van der Waals surface area (Å²) in [5.41, 5.74) is 0.991. The average molecular weight is 514 g/mol. The first-order valence-electron chi connectivity index (χ1n) is 9.98. The molecule has 0 unspecified atom stereocenters. The minimum Gasteiger partial charge on any atom is -0.383 e.